The molecule has 0 radical (unpaired) electrons. The first-order valence-electron chi connectivity index (χ1n) is 7.60. The van der Waals surface area contributed by atoms with E-state index in [2.05, 4.69) is 26.8 Å². The molecule has 0 saturated heterocycles. The molecule has 3 nitrogen and oxygen atoms in total. The molecule has 1 aromatic carbocycles. The number of carbonyl (C=O) groups excluding carboxylic acids is 1. The molecule has 1 heterocycles. The number of ketones is 1. The Hall–Kier alpha value is -2.03. The van der Waals surface area contributed by atoms with Crippen LogP contribution in [0.25, 0.3) is 0 Å². The summed E-state index contributed by atoms with van der Waals surface area (Å²) < 4.78 is 7.85. The number of rotatable bonds is 4. The molecule has 0 aliphatic carbocycles. The van der Waals surface area contributed by atoms with Crippen molar-refractivity contribution in [2.24, 2.45) is 7.05 Å². The van der Waals surface area contributed by atoms with Crippen LogP contribution in [0.3, 0.4) is 0 Å². The molecule has 0 aliphatic rings. The molecule has 118 valence electrons. The van der Waals surface area contributed by atoms with Gasteiger partial charge in [0, 0.05) is 24.0 Å². The number of para-hydroxylation sites is 1. The first kappa shape index (κ1) is 16.3. The van der Waals surface area contributed by atoms with Gasteiger partial charge in [0.25, 0.3) is 0 Å². The Bertz CT molecular complexity index is 690. The SMILES string of the molecule is Cc1cc(C(=O)COc2ccccc2C(C)(C)C)c(C)n1C. The molecule has 0 fully saturated rings. The van der Waals surface area contributed by atoms with E-state index >= 15 is 0 Å². The van der Waals surface area contributed by atoms with Gasteiger partial charge in [-0.25, -0.2) is 0 Å². The molecule has 1 aromatic heterocycles. The van der Waals surface area contributed by atoms with Gasteiger partial charge in [-0.3, -0.25) is 4.79 Å². The van der Waals surface area contributed by atoms with Crippen molar-refractivity contribution in [1.29, 1.82) is 0 Å². The zero-order valence-electron chi connectivity index (χ0n) is 14.4. The molecule has 0 bridgehead atoms. The fourth-order valence-corrected chi connectivity index (χ4v) is 2.57. The highest BCUT2D eigenvalue weighted by molar-refractivity contribution is 5.98. The third-order valence-electron chi connectivity index (χ3n) is 4.13. The largest absolute Gasteiger partial charge is 0.485 e. The van der Waals surface area contributed by atoms with Crippen LogP contribution in [-0.4, -0.2) is 17.0 Å². The standard InChI is InChI=1S/C19H25NO2/c1-13-11-15(14(2)20(13)6)17(21)12-22-18-10-8-7-9-16(18)19(3,4)5/h7-11H,12H2,1-6H3. The van der Waals surface area contributed by atoms with Gasteiger partial charge in [0.1, 0.15) is 5.75 Å². The fourth-order valence-electron chi connectivity index (χ4n) is 2.57. The van der Waals surface area contributed by atoms with Gasteiger partial charge >= 0.3 is 0 Å². The van der Waals surface area contributed by atoms with Crippen LogP contribution < -0.4 is 4.74 Å². The van der Waals surface area contributed by atoms with Crippen molar-refractivity contribution in [2.75, 3.05) is 6.61 Å². The van der Waals surface area contributed by atoms with E-state index in [1.54, 1.807) is 0 Å². The van der Waals surface area contributed by atoms with E-state index in [4.69, 9.17) is 4.74 Å². The monoisotopic (exact) mass is 299 g/mol. The molecule has 0 N–H and O–H groups in total. The lowest BCUT2D eigenvalue weighted by Gasteiger charge is -2.22. The van der Waals surface area contributed by atoms with E-state index in [0.717, 1.165) is 28.3 Å². The highest BCUT2D eigenvalue weighted by Gasteiger charge is 2.20. The van der Waals surface area contributed by atoms with Crippen LogP contribution in [0, 0.1) is 13.8 Å². The van der Waals surface area contributed by atoms with Gasteiger partial charge < -0.3 is 9.30 Å². The van der Waals surface area contributed by atoms with Crippen molar-refractivity contribution in [3.8, 4) is 5.75 Å². The molecule has 2 rings (SSSR count). The number of aromatic nitrogens is 1. The number of benzene rings is 1. The molecule has 0 aliphatic heterocycles. The first-order valence-corrected chi connectivity index (χ1v) is 7.60. The highest BCUT2D eigenvalue weighted by Crippen LogP contribution is 2.31. The Morgan fingerprint density at radius 3 is 2.36 bits per heavy atom. The fraction of sp³-hybridized carbons (Fsp3) is 0.421. The first-order chi connectivity index (χ1) is 10.2. The smallest absolute Gasteiger partial charge is 0.202 e. The lowest BCUT2D eigenvalue weighted by Crippen LogP contribution is -2.17. The zero-order chi connectivity index (χ0) is 16.5. The highest BCUT2D eigenvalue weighted by atomic mass is 16.5. The second kappa shape index (κ2) is 5.99. The number of nitrogens with zero attached hydrogens (tertiary/aromatic N) is 1. The third-order valence-corrected chi connectivity index (χ3v) is 4.13. The van der Waals surface area contributed by atoms with E-state index < -0.39 is 0 Å². The zero-order valence-corrected chi connectivity index (χ0v) is 14.4. The average molecular weight is 299 g/mol. The molecule has 0 saturated carbocycles. The van der Waals surface area contributed by atoms with E-state index in [1.807, 2.05) is 49.7 Å². The van der Waals surface area contributed by atoms with Crippen molar-refractivity contribution in [3.05, 3.63) is 52.8 Å². The summed E-state index contributed by atoms with van der Waals surface area (Å²) in [6.07, 6.45) is 0. The maximum absolute atomic E-state index is 12.4. The van der Waals surface area contributed by atoms with Gasteiger partial charge in [-0.05, 0) is 37.0 Å². The van der Waals surface area contributed by atoms with Gasteiger partial charge in [-0.1, -0.05) is 39.0 Å². The maximum Gasteiger partial charge on any atom is 0.202 e. The number of aryl methyl sites for hydroxylation is 1. The lowest BCUT2D eigenvalue weighted by atomic mass is 9.86. The van der Waals surface area contributed by atoms with Gasteiger partial charge in [0.2, 0.25) is 5.78 Å². The Balaban J connectivity index is 2.17. The summed E-state index contributed by atoms with van der Waals surface area (Å²) in [5.74, 6) is 0.804. The predicted molar refractivity (Wildman–Crippen MR) is 89.9 cm³/mol. The van der Waals surface area contributed by atoms with Crippen LogP contribution in [-0.2, 0) is 12.5 Å². The topological polar surface area (TPSA) is 31.2 Å². The summed E-state index contributed by atoms with van der Waals surface area (Å²) in [6, 6.07) is 9.85. The number of Topliss-reactive ketones (excluding diaryl/α,β-unsaturated/α-hetero) is 1. The summed E-state index contributed by atoms with van der Waals surface area (Å²) in [5.41, 5.74) is 3.90. The maximum atomic E-state index is 12.4. The Kier molecular flexibility index (Phi) is 4.45. The molecule has 22 heavy (non-hydrogen) atoms. The van der Waals surface area contributed by atoms with Crippen molar-refractivity contribution >= 4 is 5.78 Å². The van der Waals surface area contributed by atoms with E-state index in [1.165, 1.54) is 0 Å². The molecule has 0 atom stereocenters. The van der Waals surface area contributed by atoms with E-state index in [-0.39, 0.29) is 17.8 Å². The number of hydrogen-bond donors (Lipinski definition) is 0. The summed E-state index contributed by atoms with van der Waals surface area (Å²) >= 11 is 0. The van der Waals surface area contributed by atoms with Crippen LogP contribution in [0.2, 0.25) is 0 Å². The normalized spacial score (nSPS) is 11.5. The van der Waals surface area contributed by atoms with Crippen LogP contribution >= 0.6 is 0 Å². The minimum atomic E-state index is -0.0150. The van der Waals surface area contributed by atoms with Crippen LogP contribution in [0.15, 0.2) is 30.3 Å². The number of ether oxygens (including phenoxy) is 1. The molecule has 0 amide bonds. The molecule has 0 unspecified atom stereocenters. The Morgan fingerprint density at radius 2 is 1.82 bits per heavy atom. The summed E-state index contributed by atoms with van der Waals surface area (Å²) in [4.78, 5) is 12.4. The van der Waals surface area contributed by atoms with Crippen LogP contribution in [0.1, 0.15) is 48.1 Å². The predicted octanol–water partition coefficient (Wildman–Crippen LogP) is 4.20. The average Bonchev–Trinajstić information content (AvgIpc) is 2.72. The Morgan fingerprint density at radius 1 is 1.18 bits per heavy atom. The van der Waals surface area contributed by atoms with Gasteiger partial charge in [-0.2, -0.15) is 0 Å². The van der Waals surface area contributed by atoms with Crippen LogP contribution in [0.5, 0.6) is 5.75 Å². The molecular formula is C19H25NO2. The second-order valence-electron chi connectivity index (χ2n) is 6.80. The van der Waals surface area contributed by atoms with Gasteiger partial charge in [-0.15, -0.1) is 0 Å². The quantitative estimate of drug-likeness (QED) is 0.792. The molecule has 2 aromatic rings. The minimum Gasteiger partial charge on any atom is -0.485 e. The minimum absolute atomic E-state index is 0.0150. The summed E-state index contributed by atoms with van der Waals surface area (Å²) in [7, 11) is 1.97. The lowest BCUT2D eigenvalue weighted by molar-refractivity contribution is 0.0919. The van der Waals surface area contributed by atoms with Crippen molar-refractivity contribution in [1.82, 2.24) is 4.57 Å². The molecule has 3 heteroatoms. The van der Waals surface area contributed by atoms with Gasteiger partial charge in [0.05, 0.1) is 0 Å². The summed E-state index contributed by atoms with van der Waals surface area (Å²) in [5, 5.41) is 0. The van der Waals surface area contributed by atoms with Crippen LogP contribution in [0.4, 0.5) is 0 Å². The number of hydrogen-bond acceptors (Lipinski definition) is 2. The van der Waals surface area contributed by atoms with Crippen molar-refractivity contribution < 1.29 is 9.53 Å². The third kappa shape index (κ3) is 3.24. The summed E-state index contributed by atoms with van der Waals surface area (Å²) in [6.45, 7) is 10.4. The molecule has 0 spiro atoms. The van der Waals surface area contributed by atoms with E-state index in [9.17, 15) is 4.79 Å². The van der Waals surface area contributed by atoms with E-state index in [0.29, 0.717) is 0 Å². The van der Waals surface area contributed by atoms with Crippen molar-refractivity contribution in [2.45, 2.75) is 40.0 Å². The molecular weight excluding hydrogens is 274 g/mol. The Labute approximate surface area is 132 Å². The van der Waals surface area contributed by atoms with Crippen molar-refractivity contribution in [3.63, 3.8) is 0 Å². The second-order valence-corrected chi connectivity index (χ2v) is 6.80. The number of carbonyl (C=O) groups is 1. The van der Waals surface area contributed by atoms with Gasteiger partial charge in [0.15, 0.2) is 6.61 Å².